The second kappa shape index (κ2) is 7.79. The topological polar surface area (TPSA) is 32.3 Å². The van der Waals surface area contributed by atoms with E-state index in [2.05, 4.69) is 35.5 Å². The normalized spacial score (nSPS) is 17.6. The van der Waals surface area contributed by atoms with Gasteiger partial charge in [-0.1, -0.05) is 19.9 Å². The minimum Gasteiger partial charge on any atom is -0.355 e. The zero-order valence-electron chi connectivity index (χ0n) is 12.6. The highest BCUT2D eigenvalue weighted by molar-refractivity contribution is 7.09. The van der Waals surface area contributed by atoms with Gasteiger partial charge in [-0.15, -0.1) is 11.3 Å². The van der Waals surface area contributed by atoms with Crippen molar-refractivity contribution in [3.63, 3.8) is 0 Å². The molecule has 20 heavy (non-hydrogen) atoms. The van der Waals surface area contributed by atoms with Crippen molar-refractivity contribution in [1.82, 2.24) is 10.2 Å². The molecule has 2 heterocycles. The molecular formula is C16H26N2OS. The van der Waals surface area contributed by atoms with Crippen LogP contribution in [0.25, 0.3) is 0 Å². The van der Waals surface area contributed by atoms with Crippen molar-refractivity contribution in [2.24, 2.45) is 5.92 Å². The zero-order valence-corrected chi connectivity index (χ0v) is 13.4. The Labute approximate surface area is 126 Å². The van der Waals surface area contributed by atoms with Gasteiger partial charge in [0.05, 0.1) is 0 Å². The molecule has 1 aromatic heterocycles. The summed E-state index contributed by atoms with van der Waals surface area (Å²) in [6.45, 7) is 7.67. The third kappa shape index (κ3) is 4.60. The lowest BCUT2D eigenvalue weighted by Crippen LogP contribution is -2.45. The molecule has 1 amide bonds. The number of amides is 1. The Kier molecular flexibility index (Phi) is 6.05. The van der Waals surface area contributed by atoms with Gasteiger partial charge in [-0.2, -0.15) is 0 Å². The van der Waals surface area contributed by atoms with E-state index < -0.39 is 0 Å². The van der Waals surface area contributed by atoms with Gasteiger partial charge in [0, 0.05) is 23.9 Å². The van der Waals surface area contributed by atoms with Crippen LogP contribution in [0.3, 0.4) is 0 Å². The van der Waals surface area contributed by atoms with Gasteiger partial charge >= 0.3 is 0 Å². The SMILES string of the molecule is CC(C)C(CNC(=O)CCc1cccs1)N1CCCC1. The molecule has 1 N–H and O–H groups in total. The summed E-state index contributed by atoms with van der Waals surface area (Å²) in [6, 6.07) is 4.63. The van der Waals surface area contributed by atoms with Crippen LogP contribution in [0.2, 0.25) is 0 Å². The first kappa shape index (κ1) is 15.5. The molecule has 1 unspecified atom stereocenters. The lowest BCUT2D eigenvalue weighted by molar-refractivity contribution is -0.121. The predicted molar refractivity (Wildman–Crippen MR) is 85.1 cm³/mol. The highest BCUT2D eigenvalue weighted by Crippen LogP contribution is 2.17. The maximum atomic E-state index is 12.0. The van der Waals surface area contributed by atoms with E-state index in [1.54, 1.807) is 11.3 Å². The summed E-state index contributed by atoms with van der Waals surface area (Å²) in [5.41, 5.74) is 0. The quantitative estimate of drug-likeness (QED) is 0.838. The number of rotatable bonds is 7. The Morgan fingerprint density at radius 3 is 2.75 bits per heavy atom. The molecule has 0 saturated carbocycles. The van der Waals surface area contributed by atoms with Gasteiger partial charge in [0.25, 0.3) is 0 Å². The van der Waals surface area contributed by atoms with Crippen LogP contribution in [-0.2, 0) is 11.2 Å². The van der Waals surface area contributed by atoms with Crippen molar-refractivity contribution in [2.45, 2.75) is 45.6 Å². The maximum Gasteiger partial charge on any atom is 0.220 e. The highest BCUT2D eigenvalue weighted by Gasteiger charge is 2.24. The average molecular weight is 294 g/mol. The van der Waals surface area contributed by atoms with Gasteiger partial charge in [-0.05, 0) is 49.7 Å². The summed E-state index contributed by atoms with van der Waals surface area (Å²) < 4.78 is 0. The van der Waals surface area contributed by atoms with Crippen molar-refractivity contribution in [1.29, 1.82) is 0 Å². The van der Waals surface area contributed by atoms with E-state index in [0.29, 0.717) is 18.4 Å². The number of nitrogens with one attached hydrogen (secondary N) is 1. The summed E-state index contributed by atoms with van der Waals surface area (Å²) in [7, 11) is 0. The number of aryl methyl sites for hydroxylation is 1. The van der Waals surface area contributed by atoms with Crippen molar-refractivity contribution < 1.29 is 4.79 Å². The zero-order chi connectivity index (χ0) is 14.4. The molecule has 0 aliphatic carbocycles. The summed E-state index contributed by atoms with van der Waals surface area (Å²) in [4.78, 5) is 15.8. The predicted octanol–water partition coefficient (Wildman–Crippen LogP) is 2.92. The molecular weight excluding hydrogens is 268 g/mol. The summed E-state index contributed by atoms with van der Waals surface area (Å²) in [5.74, 6) is 0.772. The summed E-state index contributed by atoms with van der Waals surface area (Å²) in [6.07, 6.45) is 4.07. The lowest BCUT2D eigenvalue weighted by Gasteiger charge is -2.31. The fourth-order valence-electron chi connectivity index (χ4n) is 2.86. The minimum absolute atomic E-state index is 0.184. The molecule has 0 aromatic carbocycles. The maximum absolute atomic E-state index is 12.0. The van der Waals surface area contributed by atoms with Crippen molar-refractivity contribution in [3.8, 4) is 0 Å². The summed E-state index contributed by atoms with van der Waals surface area (Å²) in [5, 5.41) is 5.19. The van der Waals surface area contributed by atoms with Crippen LogP contribution >= 0.6 is 11.3 Å². The molecule has 1 atom stereocenters. The van der Waals surface area contributed by atoms with Crippen LogP contribution in [0.15, 0.2) is 17.5 Å². The molecule has 112 valence electrons. The number of carbonyl (C=O) groups is 1. The van der Waals surface area contributed by atoms with E-state index in [1.807, 2.05) is 6.07 Å². The molecule has 1 fully saturated rings. The Bertz CT molecular complexity index is 397. The van der Waals surface area contributed by atoms with Gasteiger partial charge in [-0.25, -0.2) is 0 Å². The molecule has 1 aliphatic heterocycles. The third-order valence-corrected chi connectivity index (χ3v) is 5.00. The lowest BCUT2D eigenvalue weighted by atomic mass is 10.0. The molecule has 0 bridgehead atoms. The fourth-order valence-corrected chi connectivity index (χ4v) is 3.57. The number of hydrogen-bond acceptors (Lipinski definition) is 3. The van der Waals surface area contributed by atoms with Gasteiger partial charge < -0.3 is 5.32 Å². The molecule has 1 saturated heterocycles. The Balaban J connectivity index is 1.72. The molecule has 2 rings (SSSR count). The molecule has 0 spiro atoms. The van der Waals surface area contributed by atoms with Gasteiger partial charge in [0.2, 0.25) is 5.91 Å². The van der Waals surface area contributed by atoms with E-state index in [0.717, 1.165) is 13.0 Å². The fraction of sp³-hybridized carbons (Fsp3) is 0.688. The second-order valence-corrected chi connectivity index (χ2v) is 6.97. The third-order valence-electron chi connectivity index (χ3n) is 4.07. The number of hydrogen-bond donors (Lipinski definition) is 1. The van der Waals surface area contributed by atoms with Crippen LogP contribution in [0, 0.1) is 5.92 Å². The first-order valence-corrected chi connectivity index (χ1v) is 8.58. The van der Waals surface area contributed by atoms with Crippen molar-refractivity contribution in [3.05, 3.63) is 22.4 Å². The average Bonchev–Trinajstić information content (AvgIpc) is 3.09. The van der Waals surface area contributed by atoms with Crippen molar-refractivity contribution in [2.75, 3.05) is 19.6 Å². The Morgan fingerprint density at radius 1 is 1.40 bits per heavy atom. The minimum atomic E-state index is 0.184. The number of nitrogens with zero attached hydrogens (tertiary/aromatic N) is 1. The number of thiophene rings is 1. The van der Waals surface area contributed by atoms with E-state index in [1.165, 1.54) is 30.8 Å². The van der Waals surface area contributed by atoms with Crippen LogP contribution in [0.4, 0.5) is 0 Å². The standard InChI is InChI=1S/C16H26N2OS/c1-13(2)15(18-9-3-4-10-18)12-17-16(19)8-7-14-6-5-11-20-14/h5-6,11,13,15H,3-4,7-10,12H2,1-2H3,(H,17,19). The van der Waals surface area contributed by atoms with E-state index >= 15 is 0 Å². The monoisotopic (exact) mass is 294 g/mol. The van der Waals surface area contributed by atoms with E-state index in [4.69, 9.17) is 0 Å². The second-order valence-electron chi connectivity index (χ2n) is 5.94. The molecule has 1 aliphatic rings. The van der Waals surface area contributed by atoms with Crippen molar-refractivity contribution >= 4 is 17.2 Å². The highest BCUT2D eigenvalue weighted by atomic mass is 32.1. The van der Waals surface area contributed by atoms with E-state index in [-0.39, 0.29) is 5.91 Å². The molecule has 0 radical (unpaired) electrons. The van der Waals surface area contributed by atoms with Crippen LogP contribution in [0.1, 0.15) is 38.0 Å². The largest absolute Gasteiger partial charge is 0.355 e. The van der Waals surface area contributed by atoms with Crippen LogP contribution < -0.4 is 5.32 Å². The van der Waals surface area contributed by atoms with Gasteiger partial charge in [-0.3, -0.25) is 9.69 Å². The Morgan fingerprint density at radius 2 is 2.15 bits per heavy atom. The van der Waals surface area contributed by atoms with Gasteiger partial charge in [0.15, 0.2) is 0 Å². The van der Waals surface area contributed by atoms with Gasteiger partial charge in [0.1, 0.15) is 0 Å². The smallest absolute Gasteiger partial charge is 0.220 e. The Hall–Kier alpha value is -0.870. The first-order chi connectivity index (χ1) is 9.66. The van der Waals surface area contributed by atoms with Crippen LogP contribution in [-0.4, -0.2) is 36.5 Å². The molecule has 3 nitrogen and oxygen atoms in total. The summed E-state index contributed by atoms with van der Waals surface area (Å²) >= 11 is 1.73. The number of likely N-dealkylation sites (tertiary alicyclic amines) is 1. The molecule has 4 heteroatoms. The van der Waals surface area contributed by atoms with E-state index in [9.17, 15) is 4.79 Å². The van der Waals surface area contributed by atoms with Crippen LogP contribution in [0.5, 0.6) is 0 Å². The first-order valence-electron chi connectivity index (χ1n) is 7.70. The number of carbonyl (C=O) groups excluding carboxylic acids is 1. The molecule has 1 aromatic rings.